The number of benzene rings is 1. The predicted molar refractivity (Wildman–Crippen MR) is 72.6 cm³/mol. The third-order valence-electron chi connectivity index (χ3n) is 2.59. The van der Waals surface area contributed by atoms with Crippen LogP contribution in [0.1, 0.15) is 6.42 Å². The summed E-state index contributed by atoms with van der Waals surface area (Å²) in [5, 5.41) is 0.807. The molecule has 0 atom stereocenters. The van der Waals surface area contributed by atoms with Gasteiger partial charge in [0, 0.05) is 17.5 Å². The second-order valence-corrected chi connectivity index (χ2v) is 5.11. The van der Waals surface area contributed by atoms with E-state index in [0.717, 1.165) is 27.8 Å². The Morgan fingerprint density at radius 1 is 1.11 bits per heavy atom. The summed E-state index contributed by atoms with van der Waals surface area (Å²) in [6.45, 7) is 1.38. The minimum atomic E-state index is 0.277. The smallest absolute Gasteiger partial charge is 0.221 e. The molecule has 1 aliphatic rings. The number of nitrogens with two attached hydrogens (primary N) is 1. The van der Waals surface area contributed by atoms with Crippen LogP contribution in [0.25, 0.3) is 0 Å². The fraction of sp³-hybridized carbons (Fsp3) is 0.231. The van der Waals surface area contributed by atoms with Gasteiger partial charge in [-0.05, 0) is 24.3 Å². The molecule has 0 unspecified atom stereocenters. The zero-order valence-electron chi connectivity index (χ0n) is 10.2. The third kappa shape index (κ3) is 2.90. The summed E-state index contributed by atoms with van der Waals surface area (Å²) in [7, 11) is 0. The first-order valence-corrected chi connectivity index (χ1v) is 6.79. The largest absolute Gasteiger partial charge is 0.490 e. The molecule has 5 nitrogen and oxygen atoms in total. The van der Waals surface area contributed by atoms with E-state index in [2.05, 4.69) is 9.97 Å². The van der Waals surface area contributed by atoms with Crippen molar-refractivity contribution in [3.63, 3.8) is 0 Å². The number of hydrogen-bond donors (Lipinski definition) is 1. The molecule has 1 aliphatic heterocycles. The van der Waals surface area contributed by atoms with Gasteiger partial charge in [-0.2, -0.15) is 0 Å². The lowest BCUT2D eigenvalue weighted by Crippen LogP contribution is -1.97. The van der Waals surface area contributed by atoms with E-state index in [4.69, 9.17) is 15.2 Å². The van der Waals surface area contributed by atoms with Crippen LogP contribution in [0, 0.1) is 0 Å². The van der Waals surface area contributed by atoms with Gasteiger partial charge in [0.2, 0.25) is 5.95 Å². The van der Waals surface area contributed by atoms with E-state index in [1.54, 1.807) is 6.20 Å². The van der Waals surface area contributed by atoms with Crippen LogP contribution in [0.5, 0.6) is 11.5 Å². The minimum absolute atomic E-state index is 0.277. The van der Waals surface area contributed by atoms with E-state index in [1.807, 2.05) is 24.3 Å². The van der Waals surface area contributed by atoms with E-state index in [1.165, 1.54) is 11.8 Å². The van der Waals surface area contributed by atoms with Crippen molar-refractivity contribution in [3.05, 3.63) is 30.5 Å². The van der Waals surface area contributed by atoms with Gasteiger partial charge >= 0.3 is 0 Å². The number of nitrogens with zero attached hydrogens (tertiary/aromatic N) is 2. The summed E-state index contributed by atoms with van der Waals surface area (Å²) in [5.41, 5.74) is 5.56. The fourth-order valence-corrected chi connectivity index (χ4v) is 2.55. The highest BCUT2D eigenvalue weighted by Gasteiger charge is 2.11. The average molecular weight is 275 g/mol. The monoisotopic (exact) mass is 275 g/mol. The predicted octanol–water partition coefficient (Wildman–Crippen LogP) is 2.37. The molecule has 2 N–H and O–H groups in total. The molecule has 19 heavy (non-hydrogen) atoms. The Labute approximate surface area is 115 Å². The lowest BCUT2D eigenvalue weighted by Gasteiger charge is -2.08. The molecule has 0 fully saturated rings. The van der Waals surface area contributed by atoms with Gasteiger partial charge in [-0.1, -0.05) is 11.8 Å². The second kappa shape index (κ2) is 5.36. The molecule has 6 heteroatoms. The lowest BCUT2D eigenvalue weighted by atomic mass is 10.3. The van der Waals surface area contributed by atoms with E-state index < -0.39 is 0 Å². The maximum atomic E-state index is 5.65. The van der Waals surface area contributed by atoms with Gasteiger partial charge in [-0.25, -0.2) is 9.97 Å². The van der Waals surface area contributed by atoms with Gasteiger partial charge in [0.25, 0.3) is 0 Å². The Bertz CT molecular complexity index is 592. The number of fused-ring (bicyclic) bond motifs is 1. The molecule has 0 radical (unpaired) electrons. The Morgan fingerprint density at radius 2 is 1.95 bits per heavy atom. The van der Waals surface area contributed by atoms with Crippen LogP contribution in [-0.2, 0) is 0 Å². The summed E-state index contributed by atoms with van der Waals surface area (Å²) in [6, 6.07) is 7.69. The number of aromatic nitrogens is 2. The number of hydrogen-bond acceptors (Lipinski definition) is 6. The molecule has 3 rings (SSSR count). The highest BCUT2D eigenvalue weighted by atomic mass is 32.2. The number of nitrogen functional groups attached to an aromatic ring is 1. The van der Waals surface area contributed by atoms with Gasteiger partial charge in [-0.15, -0.1) is 0 Å². The molecule has 0 saturated carbocycles. The zero-order chi connectivity index (χ0) is 13.1. The molecular weight excluding hydrogens is 262 g/mol. The minimum Gasteiger partial charge on any atom is -0.490 e. The van der Waals surface area contributed by atoms with Crippen molar-refractivity contribution in [1.82, 2.24) is 9.97 Å². The van der Waals surface area contributed by atoms with Crippen LogP contribution in [-0.4, -0.2) is 23.2 Å². The first-order chi connectivity index (χ1) is 9.31. The summed E-state index contributed by atoms with van der Waals surface area (Å²) >= 11 is 1.51. The zero-order valence-corrected chi connectivity index (χ0v) is 11.0. The molecule has 0 saturated heterocycles. The van der Waals surface area contributed by atoms with Gasteiger partial charge in [0.1, 0.15) is 5.03 Å². The Kier molecular flexibility index (Phi) is 3.41. The van der Waals surface area contributed by atoms with Gasteiger partial charge in [-0.3, -0.25) is 0 Å². The van der Waals surface area contributed by atoms with Crippen molar-refractivity contribution < 1.29 is 9.47 Å². The van der Waals surface area contributed by atoms with Crippen molar-refractivity contribution in [3.8, 4) is 11.5 Å². The highest BCUT2D eigenvalue weighted by molar-refractivity contribution is 7.99. The molecule has 98 valence electrons. The summed E-state index contributed by atoms with van der Waals surface area (Å²) in [6.07, 6.45) is 2.55. The molecule has 2 heterocycles. The van der Waals surface area contributed by atoms with Crippen molar-refractivity contribution in [2.24, 2.45) is 0 Å². The standard InChI is InChI=1S/C13H13N3O2S/c14-13-15-5-4-12(16-13)19-9-2-3-10-11(8-9)18-7-1-6-17-10/h2-5,8H,1,6-7H2,(H2,14,15,16). The SMILES string of the molecule is Nc1nccc(Sc2ccc3c(c2)OCCCO3)n1. The number of rotatable bonds is 2. The molecule has 1 aromatic heterocycles. The molecular formula is C13H13N3O2S. The normalized spacial score (nSPS) is 13.9. The maximum Gasteiger partial charge on any atom is 0.221 e. The van der Waals surface area contributed by atoms with Crippen LogP contribution in [0.3, 0.4) is 0 Å². The topological polar surface area (TPSA) is 70.3 Å². The molecule has 0 spiro atoms. The Hall–Kier alpha value is -1.95. The quantitative estimate of drug-likeness (QED) is 0.848. The van der Waals surface area contributed by atoms with Crippen LogP contribution < -0.4 is 15.2 Å². The van der Waals surface area contributed by atoms with E-state index in [9.17, 15) is 0 Å². The first-order valence-electron chi connectivity index (χ1n) is 5.97. The summed E-state index contributed by atoms with van der Waals surface area (Å²) in [5.74, 6) is 1.85. The Morgan fingerprint density at radius 3 is 2.79 bits per heavy atom. The molecule has 0 amide bonds. The van der Waals surface area contributed by atoms with Gasteiger partial charge in [0.15, 0.2) is 11.5 Å². The van der Waals surface area contributed by atoms with Crippen molar-refractivity contribution in [2.45, 2.75) is 16.3 Å². The number of ether oxygens (including phenoxy) is 2. The van der Waals surface area contributed by atoms with Crippen LogP contribution in [0.4, 0.5) is 5.95 Å². The summed E-state index contributed by atoms with van der Waals surface area (Å²) < 4.78 is 11.2. The van der Waals surface area contributed by atoms with Crippen molar-refractivity contribution >= 4 is 17.7 Å². The van der Waals surface area contributed by atoms with Crippen molar-refractivity contribution in [1.29, 1.82) is 0 Å². The highest BCUT2D eigenvalue weighted by Crippen LogP contribution is 2.35. The maximum absolute atomic E-state index is 5.65. The molecule has 2 aromatic rings. The molecule has 0 aliphatic carbocycles. The van der Waals surface area contributed by atoms with E-state index in [0.29, 0.717) is 13.2 Å². The van der Waals surface area contributed by atoms with Crippen molar-refractivity contribution in [2.75, 3.05) is 18.9 Å². The van der Waals surface area contributed by atoms with E-state index >= 15 is 0 Å². The molecule has 0 bridgehead atoms. The third-order valence-corrected chi connectivity index (χ3v) is 3.52. The van der Waals surface area contributed by atoms with E-state index in [-0.39, 0.29) is 5.95 Å². The van der Waals surface area contributed by atoms with Crippen LogP contribution in [0.2, 0.25) is 0 Å². The lowest BCUT2D eigenvalue weighted by molar-refractivity contribution is 0.297. The summed E-state index contributed by atoms with van der Waals surface area (Å²) in [4.78, 5) is 9.06. The average Bonchev–Trinajstić information content (AvgIpc) is 2.63. The van der Waals surface area contributed by atoms with Crippen LogP contribution >= 0.6 is 11.8 Å². The fourth-order valence-electron chi connectivity index (χ4n) is 1.74. The molecule has 1 aromatic carbocycles. The first kappa shape index (κ1) is 12.1. The number of anilines is 1. The van der Waals surface area contributed by atoms with Crippen LogP contribution in [0.15, 0.2) is 40.4 Å². The Balaban J connectivity index is 1.84. The second-order valence-electron chi connectivity index (χ2n) is 4.01. The van der Waals surface area contributed by atoms with Gasteiger partial charge in [0.05, 0.1) is 13.2 Å². The van der Waals surface area contributed by atoms with Gasteiger partial charge < -0.3 is 15.2 Å².